The van der Waals surface area contributed by atoms with Crippen LogP contribution < -0.4 is 4.74 Å². The molecule has 3 nitrogen and oxygen atoms in total. The highest BCUT2D eigenvalue weighted by molar-refractivity contribution is 5.48. The van der Waals surface area contributed by atoms with E-state index in [-0.39, 0.29) is 17.6 Å². The van der Waals surface area contributed by atoms with Gasteiger partial charge in [-0.05, 0) is 31.4 Å². The molecule has 0 fully saturated rings. The van der Waals surface area contributed by atoms with Crippen LogP contribution in [0.5, 0.6) is 17.2 Å². The van der Waals surface area contributed by atoms with Crippen molar-refractivity contribution < 1.29 is 14.9 Å². The maximum atomic E-state index is 9.78. The Morgan fingerprint density at radius 3 is 2.40 bits per heavy atom. The highest BCUT2D eigenvalue weighted by atomic mass is 16.5. The third-order valence-corrected chi connectivity index (χ3v) is 3.51. The Morgan fingerprint density at radius 1 is 0.950 bits per heavy atom. The zero-order chi connectivity index (χ0) is 14.8. The van der Waals surface area contributed by atoms with Gasteiger partial charge in [0.2, 0.25) is 5.75 Å². The number of hydrogen-bond acceptors (Lipinski definition) is 3. The van der Waals surface area contributed by atoms with Crippen molar-refractivity contribution in [3.63, 3.8) is 0 Å². The minimum Gasteiger partial charge on any atom is -0.504 e. The molecule has 1 aromatic rings. The van der Waals surface area contributed by atoms with Crippen LogP contribution in [0.3, 0.4) is 0 Å². The molecule has 0 amide bonds. The summed E-state index contributed by atoms with van der Waals surface area (Å²) in [6, 6.07) is 4.85. The number of phenolic OH excluding ortho intramolecular Hbond substituents is 2. The second kappa shape index (κ2) is 9.51. The van der Waals surface area contributed by atoms with E-state index in [1.165, 1.54) is 31.7 Å². The first-order valence-electron chi connectivity index (χ1n) is 7.86. The largest absolute Gasteiger partial charge is 0.504 e. The molecular formula is C17H28O3. The molecule has 0 aliphatic carbocycles. The molecule has 0 saturated carbocycles. The topological polar surface area (TPSA) is 49.7 Å². The third-order valence-electron chi connectivity index (χ3n) is 3.51. The Labute approximate surface area is 122 Å². The van der Waals surface area contributed by atoms with Crippen LogP contribution in [0.1, 0.15) is 65.2 Å². The van der Waals surface area contributed by atoms with E-state index >= 15 is 0 Å². The molecule has 1 rings (SSSR count). The predicted octanol–water partition coefficient (Wildman–Crippen LogP) is 5.01. The first-order valence-corrected chi connectivity index (χ1v) is 7.86. The van der Waals surface area contributed by atoms with E-state index in [1.54, 1.807) is 12.1 Å². The van der Waals surface area contributed by atoms with Crippen LogP contribution in [0.4, 0.5) is 0 Å². The van der Waals surface area contributed by atoms with Crippen molar-refractivity contribution in [2.45, 2.75) is 71.3 Å². The molecule has 0 bridgehead atoms. The number of hydrogen-bond donors (Lipinski definition) is 2. The van der Waals surface area contributed by atoms with Gasteiger partial charge in [-0.1, -0.05) is 52.0 Å². The number of para-hydroxylation sites is 1. The molecule has 0 aliphatic heterocycles. The summed E-state index contributed by atoms with van der Waals surface area (Å²) in [5, 5.41) is 19.3. The van der Waals surface area contributed by atoms with Gasteiger partial charge in [-0.2, -0.15) is 0 Å². The van der Waals surface area contributed by atoms with Crippen LogP contribution in [-0.2, 0) is 0 Å². The first kappa shape index (κ1) is 16.7. The average molecular weight is 280 g/mol. The van der Waals surface area contributed by atoms with Crippen molar-refractivity contribution in [2.75, 3.05) is 0 Å². The quantitative estimate of drug-likeness (QED) is 0.468. The molecular weight excluding hydrogens is 252 g/mol. The fraction of sp³-hybridized carbons (Fsp3) is 0.647. The molecule has 114 valence electrons. The molecule has 0 spiro atoms. The Morgan fingerprint density at radius 2 is 1.70 bits per heavy atom. The predicted molar refractivity (Wildman–Crippen MR) is 82.5 cm³/mol. The maximum Gasteiger partial charge on any atom is 0.200 e. The number of unbranched alkanes of at least 4 members (excludes halogenated alkanes) is 4. The van der Waals surface area contributed by atoms with Crippen LogP contribution >= 0.6 is 0 Å². The maximum absolute atomic E-state index is 9.78. The van der Waals surface area contributed by atoms with E-state index in [0.29, 0.717) is 5.75 Å². The minimum absolute atomic E-state index is 0.120. The monoisotopic (exact) mass is 280 g/mol. The van der Waals surface area contributed by atoms with Crippen molar-refractivity contribution in [1.82, 2.24) is 0 Å². The number of ether oxygens (including phenoxy) is 1. The van der Waals surface area contributed by atoms with Gasteiger partial charge in [0.25, 0.3) is 0 Å². The van der Waals surface area contributed by atoms with Gasteiger partial charge in [-0.15, -0.1) is 0 Å². The second-order valence-corrected chi connectivity index (χ2v) is 5.36. The molecule has 2 N–H and O–H groups in total. The SMILES string of the molecule is CCCCCCCC(CCC)Oc1cccc(O)c1O. The summed E-state index contributed by atoms with van der Waals surface area (Å²) in [7, 11) is 0. The van der Waals surface area contributed by atoms with E-state index in [9.17, 15) is 10.2 Å². The Kier molecular flexibility index (Phi) is 7.93. The van der Waals surface area contributed by atoms with Crippen LogP contribution in [0, 0.1) is 0 Å². The second-order valence-electron chi connectivity index (χ2n) is 5.36. The number of aromatic hydroxyl groups is 2. The van der Waals surface area contributed by atoms with E-state index in [4.69, 9.17) is 4.74 Å². The van der Waals surface area contributed by atoms with Crippen molar-refractivity contribution >= 4 is 0 Å². The van der Waals surface area contributed by atoms with Crippen molar-refractivity contribution in [3.8, 4) is 17.2 Å². The molecule has 0 aliphatic rings. The summed E-state index contributed by atoms with van der Waals surface area (Å²) in [6.07, 6.45) is 9.39. The van der Waals surface area contributed by atoms with E-state index in [1.807, 2.05) is 0 Å². The van der Waals surface area contributed by atoms with Gasteiger partial charge in [-0.25, -0.2) is 0 Å². The normalized spacial score (nSPS) is 12.3. The lowest BCUT2D eigenvalue weighted by Crippen LogP contribution is -2.16. The van der Waals surface area contributed by atoms with Crippen LogP contribution in [0.15, 0.2) is 18.2 Å². The summed E-state index contributed by atoms with van der Waals surface area (Å²) < 4.78 is 5.86. The molecule has 1 aromatic carbocycles. The van der Waals surface area contributed by atoms with Crippen molar-refractivity contribution in [1.29, 1.82) is 0 Å². The third kappa shape index (κ3) is 5.72. The van der Waals surface area contributed by atoms with Gasteiger partial charge < -0.3 is 14.9 Å². The molecule has 1 atom stereocenters. The van der Waals surface area contributed by atoms with Crippen molar-refractivity contribution in [3.05, 3.63) is 18.2 Å². The molecule has 0 heterocycles. The number of benzene rings is 1. The van der Waals surface area contributed by atoms with Gasteiger partial charge in [0.1, 0.15) is 0 Å². The fourth-order valence-corrected chi connectivity index (χ4v) is 2.35. The zero-order valence-electron chi connectivity index (χ0n) is 12.8. The Balaban J connectivity index is 2.47. The first-order chi connectivity index (χ1) is 9.69. The summed E-state index contributed by atoms with van der Waals surface area (Å²) in [5.41, 5.74) is 0. The molecule has 1 unspecified atom stereocenters. The molecule has 0 saturated heterocycles. The standard InChI is InChI=1S/C17H28O3/c1-3-5-6-7-8-11-14(10-4-2)20-16-13-9-12-15(18)17(16)19/h9,12-14,18-19H,3-8,10-11H2,1-2H3. The van der Waals surface area contributed by atoms with E-state index in [2.05, 4.69) is 13.8 Å². The average Bonchev–Trinajstić information content (AvgIpc) is 2.43. The van der Waals surface area contributed by atoms with Gasteiger partial charge >= 0.3 is 0 Å². The van der Waals surface area contributed by atoms with Gasteiger partial charge in [0.15, 0.2) is 11.5 Å². The lowest BCUT2D eigenvalue weighted by molar-refractivity contribution is 0.168. The number of phenols is 2. The molecule has 20 heavy (non-hydrogen) atoms. The smallest absolute Gasteiger partial charge is 0.200 e. The van der Waals surface area contributed by atoms with Crippen LogP contribution in [-0.4, -0.2) is 16.3 Å². The summed E-state index contributed by atoms with van der Waals surface area (Å²) in [5.74, 6) is 0.109. The molecule has 0 radical (unpaired) electrons. The minimum atomic E-state index is -0.153. The van der Waals surface area contributed by atoms with Gasteiger partial charge in [0.05, 0.1) is 6.10 Å². The van der Waals surface area contributed by atoms with E-state index < -0.39 is 0 Å². The van der Waals surface area contributed by atoms with Gasteiger partial charge in [-0.3, -0.25) is 0 Å². The summed E-state index contributed by atoms with van der Waals surface area (Å²) >= 11 is 0. The highest BCUT2D eigenvalue weighted by Crippen LogP contribution is 2.35. The molecule has 3 heteroatoms. The lowest BCUT2D eigenvalue weighted by Gasteiger charge is -2.19. The summed E-state index contributed by atoms with van der Waals surface area (Å²) in [6.45, 7) is 4.35. The fourth-order valence-electron chi connectivity index (χ4n) is 2.35. The van der Waals surface area contributed by atoms with Gasteiger partial charge in [0, 0.05) is 0 Å². The highest BCUT2D eigenvalue weighted by Gasteiger charge is 2.13. The lowest BCUT2D eigenvalue weighted by atomic mass is 10.0. The van der Waals surface area contributed by atoms with Crippen molar-refractivity contribution in [2.24, 2.45) is 0 Å². The number of rotatable bonds is 10. The van der Waals surface area contributed by atoms with Crippen LogP contribution in [0.2, 0.25) is 0 Å². The Hall–Kier alpha value is -1.38. The molecule has 0 aromatic heterocycles. The zero-order valence-corrected chi connectivity index (χ0v) is 12.8. The summed E-state index contributed by atoms with van der Waals surface area (Å²) in [4.78, 5) is 0. The van der Waals surface area contributed by atoms with Crippen LogP contribution in [0.25, 0.3) is 0 Å². The van der Waals surface area contributed by atoms with E-state index in [0.717, 1.165) is 25.7 Å². The Bertz CT molecular complexity index is 376.